The van der Waals surface area contributed by atoms with Crippen LogP contribution in [0, 0.1) is 11.2 Å². The molecule has 1 aromatic carbocycles. The fourth-order valence-electron chi connectivity index (χ4n) is 5.80. The fourth-order valence-corrected chi connectivity index (χ4v) is 5.80. The van der Waals surface area contributed by atoms with Gasteiger partial charge in [-0.25, -0.2) is 14.0 Å². The Hall–Kier alpha value is -4.59. The maximum atomic E-state index is 16.1. The summed E-state index contributed by atoms with van der Waals surface area (Å²) in [6, 6.07) is 3.07. The summed E-state index contributed by atoms with van der Waals surface area (Å²) in [5, 5.41) is 10.7. The number of carbonyl (C=O) groups is 4. The lowest BCUT2D eigenvalue weighted by Gasteiger charge is -2.55. The zero-order valence-corrected chi connectivity index (χ0v) is 20.8. The summed E-state index contributed by atoms with van der Waals surface area (Å²) in [6.07, 6.45) is 1.03. The van der Waals surface area contributed by atoms with Gasteiger partial charge in [-0.2, -0.15) is 0 Å². The van der Waals surface area contributed by atoms with E-state index >= 15 is 4.39 Å². The predicted octanol–water partition coefficient (Wildman–Crippen LogP) is 1.54. The number of nitrogens with zero attached hydrogens (tertiary/aromatic N) is 3. The number of fused-ring (bicyclic) bond motifs is 5. The number of aromatic nitrogens is 2. The van der Waals surface area contributed by atoms with Crippen LogP contribution in [-0.2, 0) is 27.3 Å². The van der Waals surface area contributed by atoms with Crippen molar-refractivity contribution in [1.29, 1.82) is 0 Å². The largest absolute Gasteiger partial charge is 0.414 e. The molecule has 3 aliphatic rings. The Labute approximate surface area is 220 Å². The third-order valence-corrected chi connectivity index (χ3v) is 7.31. The average molecular weight is 538 g/mol. The zero-order chi connectivity index (χ0) is 27.5. The summed E-state index contributed by atoms with van der Waals surface area (Å²) in [4.78, 5) is 56.5. The number of morpholine rings is 1. The summed E-state index contributed by atoms with van der Waals surface area (Å²) >= 11 is 0. The fraction of sp³-hybridized carbons (Fsp3) is 0.360. The second-order valence-corrected chi connectivity index (χ2v) is 9.80. The van der Waals surface area contributed by atoms with Gasteiger partial charge >= 0.3 is 12.1 Å². The van der Waals surface area contributed by atoms with Crippen LogP contribution in [0.1, 0.15) is 25.0 Å². The van der Waals surface area contributed by atoms with Crippen LogP contribution in [0.25, 0.3) is 11.0 Å². The van der Waals surface area contributed by atoms with Crippen molar-refractivity contribution in [2.75, 3.05) is 11.4 Å². The van der Waals surface area contributed by atoms with Gasteiger partial charge in [-0.1, -0.05) is 0 Å². The van der Waals surface area contributed by atoms with Crippen LogP contribution in [0.2, 0.25) is 0 Å². The normalized spacial score (nSPS) is 23.6. The number of carbonyl (C=O) groups excluding carboxylic acids is 4. The number of anilines is 1. The highest BCUT2D eigenvalue weighted by Gasteiger charge is 2.63. The third-order valence-electron chi connectivity index (χ3n) is 7.31. The van der Waals surface area contributed by atoms with Crippen LogP contribution in [-0.4, -0.2) is 58.9 Å². The van der Waals surface area contributed by atoms with Crippen molar-refractivity contribution < 1.29 is 37.6 Å². The van der Waals surface area contributed by atoms with Gasteiger partial charge < -0.3 is 24.2 Å². The van der Waals surface area contributed by atoms with E-state index in [1.807, 2.05) is 0 Å². The van der Waals surface area contributed by atoms with Crippen molar-refractivity contribution in [3.8, 4) is 5.88 Å². The van der Waals surface area contributed by atoms with E-state index in [2.05, 4.69) is 26.1 Å². The molecule has 0 saturated carbocycles. The van der Waals surface area contributed by atoms with E-state index in [0.29, 0.717) is 0 Å². The Balaban J connectivity index is 1.40. The number of hydrogen-bond acceptors (Lipinski definition) is 10. The summed E-state index contributed by atoms with van der Waals surface area (Å²) < 4.78 is 32.5. The van der Waals surface area contributed by atoms with Gasteiger partial charge in [0.25, 0.3) is 5.88 Å². The van der Waals surface area contributed by atoms with Gasteiger partial charge in [0.2, 0.25) is 17.4 Å². The lowest BCUT2D eigenvalue weighted by molar-refractivity contribution is -0.153. The first-order chi connectivity index (χ1) is 18.7. The average Bonchev–Trinajstić information content (AvgIpc) is 3.28. The molecule has 2 saturated heterocycles. The van der Waals surface area contributed by atoms with Gasteiger partial charge in [-0.3, -0.25) is 25.2 Å². The number of benzene rings is 1. The molecule has 6 rings (SSSR count). The molecule has 2 fully saturated rings. The molecule has 3 atom stereocenters. The lowest BCUT2D eigenvalue weighted by atomic mass is 9.66. The molecular weight excluding hydrogens is 515 g/mol. The molecule has 0 bridgehead atoms. The van der Waals surface area contributed by atoms with Crippen LogP contribution >= 0.6 is 0 Å². The molecule has 5 heterocycles. The summed E-state index contributed by atoms with van der Waals surface area (Å²) in [7, 11) is 0. The number of ether oxygens (including phenoxy) is 2. The van der Waals surface area contributed by atoms with Crippen molar-refractivity contribution in [3.63, 3.8) is 0 Å². The van der Waals surface area contributed by atoms with E-state index in [1.165, 1.54) is 6.07 Å². The molecule has 13 nitrogen and oxygen atoms in total. The van der Waals surface area contributed by atoms with Gasteiger partial charge in [-0.05, 0) is 48.3 Å². The maximum Gasteiger partial charge on any atom is 0.414 e. The van der Waals surface area contributed by atoms with Gasteiger partial charge in [0, 0.05) is 31.9 Å². The Morgan fingerprint density at radius 3 is 2.67 bits per heavy atom. The number of urea groups is 1. The maximum absolute atomic E-state index is 16.1. The number of amides is 5. The molecule has 3 aliphatic heterocycles. The highest BCUT2D eigenvalue weighted by atomic mass is 19.1. The first-order valence-electron chi connectivity index (χ1n) is 12.2. The molecule has 2 aromatic heterocycles. The lowest BCUT2D eigenvalue weighted by Crippen LogP contribution is -2.75. The van der Waals surface area contributed by atoms with Crippen molar-refractivity contribution in [2.45, 2.75) is 45.1 Å². The number of hydrogen-bond donors (Lipinski definition) is 3. The van der Waals surface area contributed by atoms with Crippen molar-refractivity contribution in [1.82, 2.24) is 26.1 Å². The van der Waals surface area contributed by atoms with Crippen LogP contribution in [0.5, 0.6) is 5.88 Å². The van der Waals surface area contributed by atoms with E-state index in [4.69, 9.17) is 14.0 Å². The van der Waals surface area contributed by atoms with Crippen molar-refractivity contribution in [3.05, 3.63) is 47.5 Å². The zero-order valence-electron chi connectivity index (χ0n) is 20.8. The molecular formula is C25H23FN6O7. The third kappa shape index (κ3) is 3.86. The van der Waals surface area contributed by atoms with Crippen LogP contribution < -0.4 is 25.6 Å². The SMILES string of the molecule is C[C@@H]1CN2c3c(cc4c(OC(=O)NCc5ccncc5)noc4c3F)CC3(C(=O)NC(=O)NC3=O)[C@H]2[C@H](C)O1. The molecule has 3 aromatic rings. The Kier molecular flexibility index (Phi) is 5.71. The second-order valence-electron chi connectivity index (χ2n) is 9.80. The Morgan fingerprint density at radius 1 is 1.23 bits per heavy atom. The van der Waals surface area contributed by atoms with E-state index in [9.17, 15) is 19.2 Å². The first-order valence-corrected chi connectivity index (χ1v) is 12.2. The summed E-state index contributed by atoms with van der Waals surface area (Å²) in [5.41, 5.74) is -0.853. The smallest absolute Gasteiger partial charge is 0.387 e. The minimum atomic E-state index is -1.79. The molecule has 0 unspecified atom stereocenters. The van der Waals surface area contributed by atoms with Crippen LogP contribution in [0.3, 0.4) is 0 Å². The monoisotopic (exact) mass is 538 g/mol. The number of halogens is 1. The van der Waals surface area contributed by atoms with E-state index in [1.54, 1.807) is 43.3 Å². The van der Waals surface area contributed by atoms with Crippen LogP contribution in [0.15, 0.2) is 35.1 Å². The first kappa shape index (κ1) is 24.7. The number of barbiturate groups is 1. The summed E-state index contributed by atoms with van der Waals surface area (Å²) in [6.45, 7) is 3.80. The molecule has 1 spiro atoms. The highest BCUT2D eigenvalue weighted by Crippen LogP contribution is 2.49. The Morgan fingerprint density at radius 2 is 1.95 bits per heavy atom. The molecule has 14 heteroatoms. The van der Waals surface area contributed by atoms with Gasteiger partial charge in [0.1, 0.15) is 0 Å². The molecule has 0 radical (unpaired) electrons. The minimum absolute atomic E-state index is 0.0426. The summed E-state index contributed by atoms with van der Waals surface area (Å²) in [5.74, 6) is -2.68. The number of imide groups is 2. The predicted molar refractivity (Wildman–Crippen MR) is 130 cm³/mol. The van der Waals surface area contributed by atoms with Gasteiger partial charge in [0.15, 0.2) is 11.2 Å². The number of nitrogens with one attached hydrogen (secondary N) is 3. The topological polar surface area (TPSA) is 165 Å². The quantitative estimate of drug-likeness (QED) is 0.417. The van der Waals surface area contributed by atoms with Crippen molar-refractivity contribution >= 4 is 40.6 Å². The van der Waals surface area contributed by atoms with E-state index < -0.39 is 47.3 Å². The number of pyridine rings is 1. The molecule has 0 aliphatic carbocycles. The van der Waals surface area contributed by atoms with E-state index in [0.717, 1.165) is 5.56 Å². The number of rotatable bonds is 3. The van der Waals surface area contributed by atoms with Crippen molar-refractivity contribution in [2.24, 2.45) is 5.41 Å². The van der Waals surface area contributed by atoms with Gasteiger partial charge in [0.05, 0.1) is 29.3 Å². The molecule has 3 N–H and O–H groups in total. The van der Waals surface area contributed by atoms with Gasteiger partial charge in [-0.15, -0.1) is 0 Å². The molecule has 5 amide bonds. The van der Waals surface area contributed by atoms with E-state index in [-0.39, 0.29) is 53.7 Å². The highest BCUT2D eigenvalue weighted by molar-refractivity contribution is 6.20. The Bertz CT molecular complexity index is 1510. The molecule has 39 heavy (non-hydrogen) atoms. The standard InChI is InChI=1S/C25H23FN6O7/c1-11-10-32-17-14(8-25(19(32)12(2)37-11)21(33)29-23(35)30-22(25)34)7-15-18(16(17)26)39-31-20(15)38-24(36)28-9-13-3-5-27-6-4-13/h3-7,11-12,19H,8-10H2,1-2H3,(H,28,36)(H2,29,30,33,34,35)/t11-,12+,19-/m1/s1. The molecule has 202 valence electrons. The van der Waals surface area contributed by atoms with Crippen LogP contribution in [0.4, 0.5) is 19.7 Å². The minimum Gasteiger partial charge on any atom is -0.387 e. The second kappa shape index (κ2) is 9.01.